The van der Waals surface area contributed by atoms with Crippen molar-refractivity contribution in [3.8, 4) is 6.07 Å². The molecule has 1 aliphatic heterocycles. The maximum atomic E-state index is 12.7. The van der Waals surface area contributed by atoms with Crippen LogP contribution in [-0.2, 0) is 15.1 Å². The van der Waals surface area contributed by atoms with Gasteiger partial charge in [-0.3, -0.25) is 9.69 Å². The van der Waals surface area contributed by atoms with Gasteiger partial charge in [0.2, 0.25) is 0 Å². The summed E-state index contributed by atoms with van der Waals surface area (Å²) in [6.07, 6.45) is 0. The van der Waals surface area contributed by atoms with Gasteiger partial charge in [-0.1, -0.05) is 12.1 Å². The molecular formula is C17H21N3O3. The van der Waals surface area contributed by atoms with E-state index in [1.807, 2.05) is 26.8 Å². The number of urea groups is 1. The Hall–Kier alpha value is -2.39. The second kappa shape index (κ2) is 6.01. The molecule has 0 unspecified atom stereocenters. The van der Waals surface area contributed by atoms with Crippen LogP contribution in [0.15, 0.2) is 24.3 Å². The molecule has 0 saturated carbocycles. The molecule has 1 aromatic carbocycles. The number of ether oxygens (including phenoxy) is 1. The van der Waals surface area contributed by atoms with Crippen molar-refractivity contribution < 1.29 is 14.3 Å². The molecule has 0 aliphatic carbocycles. The van der Waals surface area contributed by atoms with Crippen molar-refractivity contribution in [2.45, 2.75) is 38.8 Å². The van der Waals surface area contributed by atoms with Gasteiger partial charge >= 0.3 is 6.03 Å². The van der Waals surface area contributed by atoms with Crippen LogP contribution in [0.3, 0.4) is 0 Å². The monoisotopic (exact) mass is 315 g/mol. The van der Waals surface area contributed by atoms with Gasteiger partial charge in [-0.15, -0.1) is 0 Å². The molecule has 1 aromatic rings. The molecule has 6 heteroatoms. The van der Waals surface area contributed by atoms with E-state index in [4.69, 9.17) is 10.00 Å². The largest absolute Gasteiger partial charge is 0.374 e. The van der Waals surface area contributed by atoms with Crippen molar-refractivity contribution in [2.75, 3.05) is 13.2 Å². The lowest BCUT2D eigenvalue weighted by Gasteiger charge is -2.23. The molecule has 1 aliphatic rings. The third-order valence-electron chi connectivity index (χ3n) is 3.72. The number of hydrogen-bond acceptors (Lipinski definition) is 4. The number of imide groups is 1. The summed E-state index contributed by atoms with van der Waals surface area (Å²) >= 11 is 0. The summed E-state index contributed by atoms with van der Waals surface area (Å²) in [6, 6.07) is 8.23. The summed E-state index contributed by atoms with van der Waals surface area (Å²) in [5.41, 5.74) is -0.290. The smallest absolute Gasteiger partial charge is 0.325 e. The molecule has 6 nitrogen and oxygen atoms in total. The van der Waals surface area contributed by atoms with E-state index < -0.39 is 11.6 Å². The minimum atomic E-state index is -1.12. The van der Waals surface area contributed by atoms with Crippen molar-refractivity contribution in [1.82, 2.24) is 10.2 Å². The molecule has 0 radical (unpaired) electrons. The van der Waals surface area contributed by atoms with Gasteiger partial charge in [0.1, 0.15) is 5.54 Å². The number of nitrogens with one attached hydrogen (secondary N) is 1. The number of carbonyl (C=O) groups is 2. The SMILES string of the molecule is CC(C)(C)OCCN1C(=O)N[C@@](C)(c2ccc(C#N)cc2)C1=O. The number of nitrogens with zero attached hydrogens (tertiary/aromatic N) is 2. The van der Waals surface area contributed by atoms with Crippen LogP contribution in [0.1, 0.15) is 38.8 Å². The molecule has 1 fully saturated rings. The minimum Gasteiger partial charge on any atom is -0.374 e. The van der Waals surface area contributed by atoms with Crippen molar-refractivity contribution >= 4 is 11.9 Å². The van der Waals surface area contributed by atoms with Crippen LogP contribution in [0.25, 0.3) is 0 Å². The molecule has 0 spiro atoms. The molecule has 1 saturated heterocycles. The average molecular weight is 315 g/mol. The second-order valence-corrected chi connectivity index (χ2v) is 6.66. The predicted octanol–water partition coefficient (Wildman–Crippen LogP) is 2.14. The van der Waals surface area contributed by atoms with Crippen molar-refractivity contribution in [2.24, 2.45) is 0 Å². The first-order chi connectivity index (χ1) is 10.7. The molecule has 0 aromatic heterocycles. The normalized spacial score (nSPS) is 21.3. The summed E-state index contributed by atoms with van der Waals surface area (Å²) < 4.78 is 5.58. The van der Waals surface area contributed by atoms with E-state index in [1.54, 1.807) is 31.2 Å². The van der Waals surface area contributed by atoms with E-state index in [0.29, 0.717) is 11.1 Å². The summed E-state index contributed by atoms with van der Waals surface area (Å²) in [5.74, 6) is -0.315. The molecule has 1 N–H and O–H groups in total. The zero-order valence-electron chi connectivity index (χ0n) is 13.8. The first-order valence-electron chi connectivity index (χ1n) is 7.46. The summed E-state index contributed by atoms with van der Waals surface area (Å²) in [5, 5.41) is 11.6. The first-order valence-corrected chi connectivity index (χ1v) is 7.46. The standard InChI is InChI=1S/C17H21N3O3/c1-16(2,3)23-10-9-20-14(21)17(4,19-15(20)22)13-7-5-12(11-18)6-8-13/h5-8H,9-10H2,1-4H3,(H,19,22)/t17-/m0/s1. The molecule has 2 rings (SSSR count). The molecule has 1 heterocycles. The lowest BCUT2D eigenvalue weighted by Crippen LogP contribution is -2.41. The minimum absolute atomic E-state index is 0.202. The van der Waals surface area contributed by atoms with Crippen molar-refractivity contribution in [1.29, 1.82) is 5.26 Å². The molecule has 122 valence electrons. The number of carbonyl (C=O) groups excluding carboxylic acids is 2. The first kappa shape index (κ1) is 17.0. The molecule has 0 bridgehead atoms. The fourth-order valence-electron chi connectivity index (χ4n) is 2.42. The van der Waals surface area contributed by atoms with E-state index in [-0.39, 0.29) is 24.7 Å². The van der Waals surface area contributed by atoms with E-state index in [2.05, 4.69) is 5.32 Å². The number of benzene rings is 1. The number of hydrogen-bond donors (Lipinski definition) is 1. The highest BCUT2D eigenvalue weighted by Gasteiger charge is 2.48. The fourth-order valence-corrected chi connectivity index (χ4v) is 2.42. The number of amides is 3. The fraction of sp³-hybridized carbons (Fsp3) is 0.471. The van der Waals surface area contributed by atoms with Gasteiger partial charge in [0.05, 0.1) is 30.4 Å². The Bertz CT molecular complexity index is 655. The van der Waals surface area contributed by atoms with Crippen LogP contribution in [0.4, 0.5) is 4.79 Å². The highest BCUT2D eigenvalue weighted by Crippen LogP contribution is 2.28. The van der Waals surface area contributed by atoms with E-state index in [1.165, 1.54) is 4.90 Å². The van der Waals surface area contributed by atoms with Gasteiger partial charge in [0.15, 0.2) is 0 Å². The van der Waals surface area contributed by atoms with Gasteiger partial charge in [0.25, 0.3) is 5.91 Å². The van der Waals surface area contributed by atoms with Gasteiger partial charge < -0.3 is 10.1 Å². The molecule has 3 amide bonds. The van der Waals surface area contributed by atoms with Crippen LogP contribution in [0.2, 0.25) is 0 Å². The van der Waals surface area contributed by atoms with Crippen molar-refractivity contribution in [3.05, 3.63) is 35.4 Å². The maximum Gasteiger partial charge on any atom is 0.325 e. The zero-order chi connectivity index (χ0) is 17.3. The Morgan fingerprint density at radius 3 is 2.39 bits per heavy atom. The third kappa shape index (κ3) is 3.51. The Morgan fingerprint density at radius 1 is 1.26 bits per heavy atom. The molecule has 1 atom stereocenters. The molecular weight excluding hydrogens is 294 g/mol. The summed E-state index contributed by atoms with van der Waals surface area (Å²) in [7, 11) is 0. The highest BCUT2D eigenvalue weighted by molar-refractivity contribution is 6.07. The third-order valence-corrected chi connectivity index (χ3v) is 3.72. The average Bonchev–Trinajstić information content (AvgIpc) is 2.70. The summed E-state index contributed by atoms with van der Waals surface area (Å²) in [4.78, 5) is 26.0. The van der Waals surface area contributed by atoms with E-state index in [9.17, 15) is 9.59 Å². The highest BCUT2D eigenvalue weighted by atomic mass is 16.5. The maximum absolute atomic E-state index is 12.7. The lowest BCUT2D eigenvalue weighted by atomic mass is 9.91. The molecule has 23 heavy (non-hydrogen) atoms. The van der Waals surface area contributed by atoms with Crippen LogP contribution < -0.4 is 5.32 Å². The lowest BCUT2D eigenvalue weighted by molar-refractivity contribution is -0.132. The van der Waals surface area contributed by atoms with E-state index in [0.717, 1.165) is 0 Å². The zero-order valence-corrected chi connectivity index (χ0v) is 13.8. The van der Waals surface area contributed by atoms with Crippen LogP contribution in [0, 0.1) is 11.3 Å². The Kier molecular flexibility index (Phi) is 4.44. The van der Waals surface area contributed by atoms with Crippen LogP contribution >= 0.6 is 0 Å². The quantitative estimate of drug-likeness (QED) is 0.863. The van der Waals surface area contributed by atoms with Crippen molar-refractivity contribution in [3.63, 3.8) is 0 Å². The topological polar surface area (TPSA) is 82.4 Å². The van der Waals surface area contributed by atoms with Gasteiger partial charge in [-0.2, -0.15) is 5.26 Å². The van der Waals surface area contributed by atoms with Gasteiger partial charge in [0, 0.05) is 0 Å². The van der Waals surface area contributed by atoms with Gasteiger partial charge in [-0.25, -0.2) is 4.79 Å². The number of nitriles is 1. The Balaban J connectivity index is 2.14. The predicted molar refractivity (Wildman–Crippen MR) is 84.5 cm³/mol. The van der Waals surface area contributed by atoms with E-state index >= 15 is 0 Å². The Labute approximate surface area is 136 Å². The van der Waals surface area contributed by atoms with Crippen LogP contribution in [0.5, 0.6) is 0 Å². The van der Waals surface area contributed by atoms with Crippen LogP contribution in [-0.4, -0.2) is 35.6 Å². The summed E-state index contributed by atoms with van der Waals surface area (Å²) in [6.45, 7) is 7.90. The number of rotatable bonds is 4. The van der Waals surface area contributed by atoms with Gasteiger partial charge in [-0.05, 0) is 45.4 Å². The second-order valence-electron chi connectivity index (χ2n) is 6.66. The Morgan fingerprint density at radius 2 is 1.87 bits per heavy atom.